The molecule has 0 fully saturated rings. The molecule has 0 radical (unpaired) electrons. The molecule has 1 atom stereocenters. The lowest BCUT2D eigenvalue weighted by Crippen LogP contribution is -2.41. The van der Waals surface area contributed by atoms with E-state index in [9.17, 15) is 4.79 Å². The molecule has 1 amide bonds. The lowest BCUT2D eigenvalue weighted by atomic mass is 10.3. The van der Waals surface area contributed by atoms with E-state index in [4.69, 9.17) is 16.6 Å². The highest BCUT2D eigenvalue weighted by Crippen LogP contribution is 1.77. The summed E-state index contributed by atoms with van der Waals surface area (Å²) in [5.41, 5.74) is 10.3. The van der Waals surface area contributed by atoms with Gasteiger partial charge in [0.15, 0.2) is 0 Å². The van der Waals surface area contributed by atoms with E-state index in [1.807, 2.05) is 0 Å². The molecule has 5 heteroatoms. The van der Waals surface area contributed by atoms with Crippen LogP contribution in [0.15, 0.2) is 0 Å². The molecule has 0 aliphatic rings. The highest BCUT2D eigenvalue weighted by molar-refractivity contribution is 5.64. The van der Waals surface area contributed by atoms with Gasteiger partial charge in [-0.05, 0) is 13.0 Å². The Balaban J connectivity index is 3.26. The number of hydrogen-bond acceptors (Lipinski definition) is 3. The fourth-order valence-electron chi connectivity index (χ4n) is 0.410. The Hall–Kier alpha value is -0.810. The normalized spacial score (nSPS) is 12.7. The van der Waals surface area contributed by atoms with Gasteiger partial charge in [-0.2, -0.15) is 0 Å². The smallest absolute Gasteiger partial charge is 0.405 e. The third kappa shape index (κ3) is 5.05. The summed E-state index contributed by atoms with van der Waals surface area (Å²) in [4.78, 5) is 9.85. The van der Waals surface area contributed by atoms with E-state index in [1.165, 1.54) is 0 Å². The highest BCUT2D eigenvalue weighted by atomic mass is 16.4. The molecule has 1 unspecified atom stereocenters. The maximum atomic E-state index is 9.85. The van der Waals surface area contributed by atoms with E-state index in [0.29, 0.717) is 13.0 Å². The average molecular weight is 133 g/mol. The van der Waals surface area contributed by atoms with Gasteiger partial charge in [0.05, 0.1) is 6.17 Å². The lowest BCUT2D eigenvalue weighted by molar-refractivity contribution is 0.189. The van der Waals surface area contributed by atoms with Crippen LogP contribution in [0, 0.1) is 0 Å². The van der Waals surface area contributed by atoms with Crippen LogP contribution in [0.1, 0.15) is 6.42 Å². The minimum atomic E-state index is -1.11. The first-order valence-electron chi connectivity index (χ1n) is 2.62. The number of nitrogens with one attached hydrogen (secondary N) is 1. The van der Waals surface area contributed by atoms with E-state index in [1.54, 1.807) is 0 Å². The second-order valence-electron chi connectivity index (χ2n) is 1.63. The highest BCUT2D eigenvalue weighted by Gasteiger charge is 2.01. The Labute approximate surface area is 53.0 Å². The van der Waals surface area contributed by atoms with Crippen LogP contribution in [0.5, 0.6) is 0 Å². The van der Waals surface area contributed by atoms with Crippen molar-refractivity contribution >= 4 is 6.09 Å². The van der Waals surface area contributed by atoms with Crippen molar-refractivity contribution in [2.24, 2.45) is 11.5 Å². The molecule has 0 rings (SSSR count). The maximum Gasteiger partial charge on any atom is 0.405 e. The fraction of sp³-hybridized carbons (Fsp3) is 0.750. The van der Waals surface area contributed by atoms with E-state index in [2.05, 4.69) is 5.32 Å². The van der Waals surface area contributed by atoms with Crippen molar-refractivity contribution in [3.05, 3.63) is 0 Å². The Morgan fingerprint density at radius 2 is 2.33 bits per heavy atom. The van der Waals surface area contributed by atoms with E-state index in [0.717, 1.165) is 0 Å². The number of hydrogen-bond donors (Lipinski definition) is 4. The van der Waals surface area contributed by atoms with Crippen molar-refractivity contribution in [3.63, 3.8) is 0 Å². The molecule has 0 spiro atoms. The molecule has 6 N–H and O–H groups in total. The molecule has 9 heavy (non-hydrogen) atoms. The molecule has 0 aliphatic heterocycles. The van der Waals surface area contributed by atoms with Crippen LogP contribution in [-0.4, -0.2) is 23.9 Å². The zero-order chi connectivity index (χ0) is 7.28. The molecule has 0 saturated heterocycles. The first-order valence-corrected chi connectivity index (χ1v) is 2.62. The Bertz CT molecular complexity index is 95.8. The topological polar surface area (TPSA) is 101 Å². The SMILES string of the molecule is NCCC(N)NC(=O)O. The maximum absolute atomic E-state index is 9.85. The van der Waals surface area contributed by atoms with E-state index >= 15 is 0 Å². The fourth-order valence-corrected chi connectivity index (χ4v) is 0.410. The van der Waals surface area contributed by atoms with Gasteiger partial charge in [0.25, 0.3) is 0 Å². The van der Waals surface area contributed by atoms with Crippen LogP contribution in [-0.2, 0) is 0 Å². The lowest BCUT2D eigenvalue weighted by Gasteiger charge is -2.07. The zero-order valence-electron chi connectivity index (χ0n) is 5.00. The van der Waals surface area contributed by atoms with Crippen LogP contribution in [0.4, 0.5) is 4.79 Å². The number of nitrogens with two attached hydrogens (primary N) is 2. The minimum Gasteiger partial charge on any atom is -0.465 e. The van der Waals surface area contributed by atoms with Gasteiger partial charge in [0.2, 0.25) is 0 Å². The van der Waals surface area contributed by atoms with E-state index < -0.39 is 12.3 Å². The monoisotopic (exact) mass is 133 g/mol. The quantitative estimate of drug-likeness (QED) is 0.366. The number of amides is 1. The predicted molar refractivity (Wildman–Crippen MR) is 32.8 cm³/mol. The second kappa shape index (κ2) is 4.11. The Morgan fingerprint density at radius 3 is 2.67 bits per heavy atom. The van der Waals surface area contributed by atoms with Crippen molar-refractivity contribution in [2.45, 2.75) is 12.6 Å². The Morgan fingerprint density at radius 1 is 1.78 bits per heavy atom. The Kier molecular flexibility index (Phi) is 3.74. The average Bonchev–Trinajstić information content (AvgIpc) is 1.63. The summed E-state index contributed by atoms with van der Waals surface area (Å²) < 4.78 is 0. The summed E-state index contributed by atoms with van der Waals surface area (Å²) in [6.07, 6.45) is -1.19. The number of carboxylic acid groups (broad SMARTS) is 1. The first-order chi connectivity index (χ1) is 4.16. The number of rotatable bonds is 3. The summed E-state index contributed by atoms with van der Waals surface area (Å²) in [5, 5.41) is 10.1. The molecular weight excluding hydrogens is 122 g/mol. The van der Waals surface area contributed by atoms with Crippen molar-refractivity contribution in [1.82, 2.24) is 5.32 Å². The molecule has 0 heterocycles. The standard InChI is InChI=1S/C4H11N3O2/c5-2-1-3(6)7-4(8)9/h3,7H,1-2,5-6H2,(H,8,9). The van der Waals surface area contributed by atoms with Gasteiger partial charge >= 0.3 is 6.09 Å². The zero-order valence-corrected chi connectivity index (χ0v) is 5.00. The van der Waals surface area contributed by atoms with Crippen LogP contribution in [0.25, 0.3) is 0 Å². The molecule has 0 aliphatic carbocycles. The predicted octanol–water partition coefficient (Wildman–Crippen LogP) is -1.11. The summed E-state index contributed by atoms with van der Waals surface area (Å²) in [6.45, 7) is 0.390. The van der Waals surface area contributed by atoms with Crippen molar-refractivity contribution < 1.29 is 9.90 Å². The minimum absolute atomic E-state index is 0.390. The third-order valence-corrected chi connectivity index (χ3v) is 0.787. The molecule has 0 aromatic carbocycles. The molecule has 5 nitrogen and oxygen atoms in total. The van der Waals surface area contributed by atoms with Crippen molar-refractivity contribution in [2.75, 3.05) is 6.54 Å². The summed E-state index contributed by atoms with van der Waals surface area (Å²) in [7, 11) is 0. The van der Waals surface area contributed by atoms with Gasteiger partial charge < -0.3 is 21.9 Å². The van der Waals surface area contributed by atoms with Gasteiger partial charge in [-0.25, -0.2) is 4.79 Å². The van der Waals surface area contributed by atoms with E-state index in [-0.39, 0.29) is 0 Å². The molecule has 0 bridgehead atoms. The van der Waals surface area contributed by atoms with Gasteiger partial charge in [-0.1, -0.05) is 0 Å². The van der Waals surface area contributed by atoms with Crippen LogP contribution < -0.4 is 16.8 Å². The van der Waals surface area contributed by atoms with Gasteiger partial charge in [-0.15, -0.1) is 0 Å². The largest absolute Gasteiger partial charge is 0.465 e. The van der Waals surface area contributed by atoms with Crippen LogP contribution in [0.2, 0.25) is 0 Å². The second-order valence-corrected chi connectivity index (χ2v) is 1.63. The molecule has 54 valence electrons. The van der Waals surface area contributed by atoms with Crippen LogP contribution >= 0.6 is 0 Å². The van der Waals surface area contributed by atoms with Crippen molar-refractivity contribution in [1.29, 1.82) is 0 Å². The summed E-state index contributed by atoms with van der Waals surface area (Å²) in [5.74, 6) is 0. The molecular formula is C4H11N3O2. The molecule has 0 aromatic heterocycles. The first kappa shape index (κ1) is 8.19. The van der Waals surface area contributed by atoms with Crippen molar-refractivity contribution in [3.8, 4) is 0 Å². The third-order valence-electron chi connectivity index (χ3n) is 0.787. The molecule has 0 aromatic rings. The summed E-state index contributed by atoms with van der Waals surface area (Å²) >= 11 is 0. The number of carbonyl (C=O) groups is 1. The van der Waals surface area contributed by atoms with Crippen LogP contribution in [0.3, 0.4) is 0 Å². The van der Waals surface area contributed by atoms with Gasteiger partial charge in [-0.3, -0.25) is 0 Å². The molecule has 0 saturated carbocycles. The summed E-state index contributed by atoms with van der Waals surface area (Å²) in [6, 6.07) is 0. The van der Waals surface area contributed by atoms with Gasteiger partial charge in [0.1, 0.15) is 0 Å². The van der Waals surface area contributed by atoms with Gasteiger partial charge in [0, 0.05) is 0 Å².